The number of hydrogen-bond donors (Lipinski definition) is 2. The van der Waals surface area contributed by atoms with Crippen LogP contribution in [-0.2, 0) is 6.54 Å². The highest BCUT2D eigenvalue weighted by Gasteiger charge is 2.20. The summed E-state index contributed by atoms with van der Waals surface area (Å²) in [7, 11) is 0. The molecular weight excluding hydrogens is 362 g/mol. The van der Waals surface area contributed by atoms with Gasteiger partial charge in [0.2, 0.25) is 0 Å². The van der Waals surface area contributed by atoms with Crippen LogP contribution in [0.5, 0.6) is 0 Å². The van der Waals surface area contributed by atoms with Gasteiger partial charge >= 0.3 is 0 Å². The van der Waals surface area contributed by atoms with Gasteiger partial charge in [-0.05, 0) is 73.8 Å². The molecule has 0 aliphatic carbocycles. The molecule has 0 aromatic heterocycles. The molecule has 138 valence electrons. The van der Waals surface area contributed by atoms with Gasteiger partial charge in [0, 0.05) is 36.4 Å². The van der Waals surface area contributed by atoms with Crippen LogP contribution in [-0.4, -0.2) is 29.1 Å². The molecule has 2 N–H and O–H groups in total. The zero-order valence-electron chi connectivity index (χ0n) is 15.4. The van der Waals surface area contributed by atoms with E-state index in [0.717, 1.165) is 48.3 Å². The Morgan fingerprint density at radius 3 is 2.50 bits per heavy atom. The molecule has 0 spiro atoms. The van der Waals surface area contributed by atoms with Crippen molar-refractivity contribution in [2.75, 3.05) is 18.4 Å². The number of halogens is 1. The van der Waals surface area contributed by atoms with E-state index in [1.54, 1.807) is 0 Å². The highest BCUT2D eigenvalue weighted by molar-refractivity contribution is 7.80. The summed E-state index contributed by atoms with van der Waals surface area (Å²) >= 11 is 11.5. The van der Waals surface area contributed by atoms with Crippen molar-refractivity contribution in [3.8, 4) is 0 Å². The third kappa shape index (κ3) is 5.19. The third-order valence-electron chi connectivity index (χ3n) is 5.10. The van der Waals surface area contributed by atoms with Gasteiger partial charge in [0.05, 0.1) is 0 Å². The summed E-state index contributed by atoms with van der Waals surface area (Å²) in [6, 6.07) is 14.8. The summed E-state index contributed by atoms with van der Waals surface area (Å²) < 4.78 is 0. The lowest BCUT2D eigenvalue weighted by Gasteiger charge is -2.33. The van der Waals surface area contributed by atoms with Crippen molar-refractivity contribution in [2.45, 2.75) is 39.3 Å². The largest absolute Gasteiger partial charge is 0.360 e. The van der Waals surface area contributed by atoms with Crippen LogP contribution in [0.4, 0.5) is 5.69 Å². The van der Waals surface area contributed by atoms with Crippen LogP contribution in [0.25, 0.3) is 0 Å². The molecule has 0 amide bonds. The van der Waals surface area contributed by atoms with Gasteiger partial charge in [0.25, 0.3) is 0 Å². The van der Waals surface area contributed by atoms with E-state index in [0.29, 0.717) is 6.04 Å². The number of nitrogens with one attached hydrogen (secondary N) is 2. The van der Waals surface area contributed by atoms with Gasteiger partial charge in [-0.2, -0.15) is 0 Å². The molecule has 0 bridgehead atoms. The second-order valence-corrected chi connectivity index (χ2v) is 7.87. The maximum atomic E-state index is 5.96. The molecule has 1 saturated heterocycles. The number of benzene rings is 2. The fraction of sp³-hybridized carbons (Fsp3) is 0.381. The predicted molar refractivity (Wildman–Crippen MR) is 115 cm³/mol. The van der Waals surface area contributed by atoms with E-state index in [-0.39, 0.29) is 0 Å². The van der Waals surface area contributed by atoms with Crippen LogP contribution in [0, 0.1) is 13.8 Å². The standard InChI is InChI=1S/C21H26ClN3S/c1-15-4-3-5-20(16(15)2)24-21(26)23-19-10-12-25(13-11-19)14-17-6-8-18(22)9-7-17/h3-9,19H,10-14H2,1-2H3,(H2,23,24,26). The van der Waals surface area contributed by atoms with Crippen LogP contribution < -0.4 is 10.6 Å². The monoisotopic (exact) mass is 387 g/mol. The first-order valence-electron chi connectivity index (χ1n) is 9.12. The van der Waals surface area contributed by atoms with Crippen molar-refractivity contribution in [1.82, 2.24) is 10.2 Å². The van der Waals surface area contributed by atoms with Gasteiger partial charge in [-0.15, -0.1) is 0 Å². The normalized spacial score (nSPS) is 15.7. The lowest BCUT2D eigenvalue weighted by atomic mass is 10.0. The number of likely N-dealkylation sites (tertiary alicyclic amines) is 1. The van der Waals surface area contributed by atoms with Crippen molar-refractivity contribution in [3.63, 3.8) is 0 Å². The Balaban J connectivity index is 1.45. The molecular formula is C21H26ClN3S. The van der Waals surface area contributed by atoms with Crippen molar-refractivity contribution >= 4 is 34.6 Å². The molecule has 2 aromatic carbocycles. The fourth-order valence-electron chi connectivity index (χ4n) is 3.31. The molecule has 3 nitrogen and oxygen atoms in total. The smallest absolute Gasteiger partial charge is 0.171 e. The third-order valence-corrected chi connectivity index (χ3v) is 5.57. The Kier molecular flexibility index (Phi) is 6.52. The average Bonchev–Trinajstić information content (AvgIpc) is 2.62. The summed E-state index contributed by atoms with van der Waals surface area (Å²) in [6.07, 6.45) is 2.20. The predicted octanol–water partition coefficient (Wildman–Crippen LogP) is 4.91. The first-order chi connectivity index (χ1) is 12.5. The Hall–Kier alpha value is -1.62. The molecule has 1 aliphatic heterocycles. The van der Waals surface area contributed by atoms with E-state index < -0.39 is 0 Å². The van der Waals surface area contributed by atoms with E-state index in [9.17, 15) is 0 Å². The lowest BCUT2D eigenvalue weighted by molar-refractivity contribution is 0.199. The quantitative estimate of drug-likeness (QED) is 0.729. The minimum Gasteiger partial charge on any atom is -0.360 e. The fourth-order valence-corrected chi connectivity index (χ4v) is 3.72. The number of piperidine rings is 1. The Morgan fingerprint density at radius 2 is 1.81 bits per heavy atom. The van der Waals surface area contributed by atoms with Crippen molar-refractivity contribution < 1.29 is 0 Å². The second kappa shape index (κ2) is 8.85. The zero-order chi connectivity index (χ0) is 18.5. The maximum Gasteiger partial charge on any atom is 0.171 e. The summed E-state index contributed by atoms with van der Waals surface area (Å²) in [5, 5.41) is 8.34. The second-order valence-electron chi connectivity index (χ2n) is 7.02. The van der Waals surface area contributed by atoms with Crippen molar-refractivity contribution in [2.24, 2.45) is 0 Å². The molecule has 0 unspecified atom stereocenters. The van der Waals surface area contributed by atoms with Gasteiger partial charge in [0.15, 0.2) is 5.11 Å². The van der Waals surface area contributed by atoms with Crippen LogP contribution in [0.3, 0.4) is 0 Å². The highest BCUT2D eigenvalue weighted by atomic mass is 35.5. The Bertz CT molecular complexity index is 752. The number of nitrogens with zero attached hydrogens (tertiary/aromatic N) is 1. The zero-order valence-corrected chi connectivity index (χ0v) is 17.0. The molecule has 26 heavy (non-hydrogen) atoms. The Labute approximate surface area is 166 Å². The molecule has 1 aliphatic rings. The summed E-state index contributed by atoms with van der Waals surface area (Å²) in [4.78, 5) is 2.49. The number of anilines is 1. The van der Waals surface area contributed by atoms with Gasteiger partial charge in [-0.3, -0.25) is 4.90 Å². The minimum atomic E-state index is 0.432. The van der Waals surface area contributed by atoms with Crippen molar-refractivity contribution in [3.05, 3.63) is 64.2 Å². The number of thiocarbonyl (C=S) groups is 1. The van der Waals surface area contributed by atoms with Gasteiger partial charge in [0.1, 0.15) is 0 Å². The van der Waals surface area contributed by atoms with E-state index in [4.69, 9.17) is 23.8 Å². The van der Waals surface area contributed by atoms with E-state index in [2.05, 4.69) is 59.7 Å². The lowest BCUT2D eigenvalue weighted by Crippen LogP contribution is -2.45. The molecule has 1 heterocycles. The van der Waals surface area contributed by atoms with E-state index in [1.165, 1.54) is 16.7 Å². The molecule has 0 atom stereocenters. The van der Waals surface area contributed by atoms with Gasteiger partial charge in [-0.25, -0.2) is 0 Å². The molecule has 1 fully saturated rings. The first kappa shape index (κ1) is 19.2. The molecule has 3 rings (SSSR count). The van der Waals surface area contributed by atoms with Crippen LogP contribution >= 0.6 is 23.8 Å². The minimum absolute atomic E-state index is 0.432. The van der Waals surface area contributed by atoms with E-state index >= 15 is 0 Å². The van der Waals surface area contributed by atoms with Crippen molar-refractivity contribution in [1.29, 1.82) is 0 Å². The molecule has 0 radical (unpaired) electrons. The van der Waals surface area contributed by atoms with Gasteiger partial charge < -0.3 is 10.6 Å². The van der Waals surface area contributed by atoms with Crippen LogP contribution in [0.15, 0.2) is 42.5 Å². The Morgan fingerprint density at radius 1 is 1.12 bits per heavy atom. The number of rotatable bonds is 4. The highest BCUT2D eigenvalue weighted by Crippen LogP contribution is 2.19. The summed E-state index contributed by atoms with van der Waals surface area (Å²) in [6.45, 7) is 7.37. The van der Waals surface area contributed by atoms with Crippen LogP contribution in [0.2, 0.25) is 5.02 Å². The SMILES string of the molecule is Cc1cccc(NC(=S)NC2CCN(Cc3ccc(Cl)cc3)CC2)c1C. The van der Waals surface area contributed by atoms with Crippen LogP contribution in [0.1, 0.15) is 29.5 Å². The maximum absolute atomic E-state index is 5.96. The van der Waals surface area contributed by atoms with Gasteiger partial charge in [-0.1, -0.05) is 35.9 Å². The molecule has 5 heteroatoms. The summed E-state index contributed by atoms with van der Waals surface area (Å²) in [5.41, 5.74) is 4.92. The molecule has 0 saturated carbocycles. The molecule has 2 aromatic rings. The topological polar surface area (TPSA) is 27.3 Å². The summed E-state index contributed by atoms with van der Waals surface area (Å²) in [5.74, 6) is 0. The van der Waals surface area contributed by atoms with E-state index in [1.807, 2.05) is 12.1 Å². The number of hydrogen-bond acceptors (Lipinski definition) is 2. The number of aryl methyl sites for hydroxylation is 1. The average molecular weight is 388 g/mol. The first-order valence-corrected chi connectivity index (χ1v) is 9.90.